The Labute approximate surface area is 149 Å². The summed E-state index contributed by atoms with van der Waals surface area (Å²) in [6.45, 7) is 3.45. The Morgan fingerprint density at radius 1 is 1.17 bits per heavy atom. The standard InChI is InChI=1S/C18H15Cl2N3O/c1-10(21)23-17(24)8-13-15(19)7-6-12(18(13)20)14-9-22-16-5-3-2-4-11(14)16/h2-7,9,22H,1,8,21H2,(H,23,24). The quantitative estimate of drug-likeness (QED) is 0.652. The molecule has 0 spiro atoms. The number of fused-ring (bicyclic) bond motifs is 1. The largest absolute Gasteiger partial charge is 0.386 e. The van der Waals surface area contributed by atoms with Gasteiger partial charge in [-0.15, -0.1) is 0 Å². The molecular weight excluding hydrogens is 345 g/mol. The number of para-hydroxylation sites is 1. The van der Waals surface area contributed by atoms with Crippen LogP contribution in [0.4, 0.5) is 0 Å². The van der Waals surface area contributed by atoms with E-state index in [1.165, 1.54) is 0 Å². The molecule has 24 heavy (non-hydrogen) atoms. The van der Waals surface area contributed by atoms with Crippen molar-refractivity contribution in [2.75, 3.05) is 0 Å². The van der Waals surface area contributed by atoms with E-state index in [4.69, 9.17) is 28.9 Å². The second-order valence-corrected chi connectivity index (χ2v) is 6.17. The highest BCUT2D eigenvalue weighted by atomic mass is 35.5. The van der Waals surface area contributed by atoms with Crippen molar-refractivity contribution in [3.05, 3.63) is 70.6 Å². The Hall–Kier alpha value is -2.43. The minimum Gasteiger partial charge on any atom is -0.386 e. The van der Waals surface area contributed by atoms with Gasteiger partial charge >= 0.3 is 0 Å². The molecule has 0 aliphatic heterocycles. The summed E-state index contributed by atoms with van der Waals surface area (Å²) in [5, 5.41) is 4.38. The molecule has 0 fully saturated rings. The van der Waals surface area contributed by atoms with Crippen LogP contribution in [-0.2, 0) is 11.2 Å². The zero-order chi connectivity index (χ0) is 17.3. The number of carbonyl (C=O) groups is 1. The summed E-state index contributed by atoms with van der Waals surface area (Å²) in [6.07, 6.45) is 1.91. The number of benzene rings is 2. The van der Waals surface area contributed by atoms with Crippen LogP contribution in [0.2, 0.25) is 10.0 Å². The number of halogens is 2. The van der Waals surface area contributed by atoms with Crippen LogP contribution in [0, 0.1) is 0 Å². The summed E-state index contributed by atoms with van der Waals surface area (Å²) in [5.41, 5.74) is 8.73. The third kappa shape index (κ3) is 3.11. The third-order valence-corrected chi connectivity index (χ3v) is 4.49. The van der Waals surface area contributed by atoms with Crippen molar-refractivity contribution in [3.8, 4) is 11.1 Å². The van der Waals surface area contributed by atoms with Crippen molar-refractivity contribution < 1.29 is 4.79 Å². The van der Waals surface area contributed by atoms with Crippen LogP contribution in [0.15, 0.2) is 55.0 Å². The van der Waals surface area contributed by atoms with Crippen LogP contribution < -0.4 is 11.1 Å². The van der Waals surface area contributed by atoms with E-state index in [2.05, 4.69) is 16.9 Å². The van der Waals surface area contributed by atoms with E-state index in [9.17, 15) is 4.79 Å². The average molecular weight is 360 g/mol. The van der Waals surface area contributed by atoms with Crippen LogP contribution >= 0.6 is 23.2 Å². The molecule has 0 aliphatic carbocycles. The van der Waals surface area contributed by atoms with Gasteiger partial charge in [0.25, 0.3) is 0 Å². The van der Waals surface area contributed by atoms with Gasteiger partial charge < -0.3 is 16.0 Å². The van der Waals surface area contributed by atoms with Crippen molar-refractivity contribution in [1.29, 1.82) is 0 Å². The number of nitrogens with two attached hydrogens (primary N) is 1. The highest BCUT2D eigenvalue weighted by Crippen LogP contribution is 2.38. The minimum absolute atomic E-state index is 0.0179. The van der Waals surface area contributed by atoms with Gasteiger partial charge in [0.05, 0.1) is 17.3 Å². The molecule has 1 heterocycles. The second kappa shape index (κ2) is 6.59. The van der Waals surface area contributed by atoms with Gasteiger partial charge in [-0.25, -0.2) is 0 Å². The maximum absolute atomic E-state index is 12.0. The molecule has 2 aromatic carbocycles. The van der Waals surface area contributed by atoms with Gasteiger partial charge in [-0.2, -0.15) is 0 Å². The fourth-order valence-corrected chi connectivity index (χ4v) is 3.25. The van der Waals surface area contributed by atoms with Crippen molar-refractivity contribution >= 4 is 40.0 Å². The molecule has 122 valence electrons. The van der Waals surface area contributed by atoms with E-state index in [1.807, 2.05) is 36.5 Å². The fourth-order valence-electron chi connectivity index (χ4n) is 2.65. The van der Waals surface area contributed by atoms with Crippen molar-refractivity contribution in [2.45, 2.75) is 6.42 Å². The normalized spacial score (nSPS) is 10.8. The fraction of sp³-hybridized carbons (Fsp3) is 0.0556. The van der Waals surface area contributed by atoms with E-state index < -0.39 is 0 Å². The first-order chi connectivity index (χ1) is 11.5. The molecule has 0 atom stereocenters. The number of aromatic amines is 1. The molecule has 3 rings (SSSR count). The number of nitrogens with one attached hydrogen (secondary N) is 2. The zero-order valence-corrected chi connectivity index (χ0v) is 14.2. The molecule has 0 unspecified atom stereocenters. The van der Waals surface area contributed by atoms with E-state index in [0.717, 1.165) is 22.0 Å². The molecule has 6 heteroatoms. The highest BCUT2D eigenvalue weighted by molar-refractivity contribution is 6.38. The smallest absolute Gasteiger partial charge is 0.229 e. The van der Waals surface area contributed by atoms with Gasteiger partial charge in [-0.1, -0.05) is 54.0 Å². The van der Waals surface area contributed by atoms with Crippen LogP contribution in [0.25, 0.3) is 22.0 Å². The van der Waals surface area contributed by atoms with Crippen molar-refractivity contribution in [3.63, 3.8) is 0 Å². The average Bonchev–Trinajstić information content (AvgIpc) is 2.95. The summed E-state index contributed by atoms with van der Waals surface area (Å²) in [6, 6.07) is 11.5. The van der Waals surface area contributed by atoms with Crippen molar-refractivity contribution in [2.24, 2.45) is 5.73 Å². The van der Waals surface area contributed by atoms with Gasteiger partial charge in [0.2, 0.25) is 5.91 Å². The lowest BCUT2D eigenvalue weighted by atomic mass is 10.0. The highest BCUT2D eigenvalue weighted by Gasteiger charge is 2.17. The molecule has 4 nitrogen and oxygen atoms in total. The number of hydrogen-bond acceptors (Lipinski definition) is 2. The lowest BCUT2D eigenvalue weighted by Crippen LogP contribution is -2.28. The van der Waals surface area contributed by atoms with E-state index >= 15 is 0 Å². The second-order valence-electron chi connectivity index (χ2n) is 5.39. The van der Waals surface area contributed by atoms with E-state index in [0.29, 0.717) is 15.6 Å². The van der Waals surface area contributed by atoms with E-state index in [1.54, 1.807) is 6.07 Å². The van der Waals surface area contributed by atoms with Gasteiger partial charge in [-0.3, -0.25) is 4.79 Å². The Balaban J connectivity index is 2.06. The first-order valence-electron chi connectivity index (χ1n) is 7.25. The lowest BCUT2D eigenvalue weighted by Gasteiger charge is -2.12. The molecular formula is C18H15Cl2N3O. The number of aromatic nitrogens is 1. The molecule has 0 saturated heterocycles. The summed E-state index contributed by atoms with van der Waals surface area (Å²) < 4.78 is 0. The van der Waals surface area contributed by atoms with Gasteiger partial charge in [0.15, 0.2) is 0 Å². The van der Waals surface area contributed by atoms with Gasteiger partial charge in [0, 0.05) is 33.2 Å². The third-order valence-electron chi connectivity index (χ3n) is 3.70. The van der Waals surface area contributed by atoms with Gasteiger partial charge in [-0.05, 0) is 17.7 Å². The van der Waals surface area contributed by atoms with Crippen LogP contribution in [0.5, 0.6) is 0 Å². The Kier molecular flexibility index (Phi) is 4.51. The SMILES string of the molecule is C=C(N)NC(=O)Cc1c(Cl)ccc(-c2c[nH]c3ccccc23)c1Cl. The monoisotopic (exact) mass is 359 g/mol. The number of amides is 1. The Morgan fingerprint density at radius 2 is 1.92 bits per heavy atom. The summed E-state index contributed by atoms with van der Waals surface area (Å²) in [5.74, 6) is -0.234. The number of carbonyl (C=O) groups excluding carboxylic acids is 1. The number of rotatable bonds is 4. The molecule has 1 aromatic heterocycles. The number of H-pyrrole nitrogens is 1. The van der Waals surface area contributed by atoms with Crippen LogP contribution in [-0.4, -0.2) is 10.9 Å². The molecule has 0 aliphatic rings. The van der Waals surface area contributed by atoms with Gasteiger partial charge in [0.1, 0.15) is 0 Å². The Bertz CT molecular complexity index is 947. The first-order valence-corrected chi connectivity index (χ1v) is 8.00. The van der Waals surface area contributed by atoms with Crippen molar-refractivity contribution in [1.82, 2.24) is 10.3 Å². The topological polar surface area (TPSA) is 70.9 Å². The maximum Gasteiger partial charge on any atom is 0.229 e. The molecule has 0 saturated carbocycles. The Morgan fingerprint density at radius 3 is 2.67 bits per heavy atom. The molecule has 1 amide bonds. The molecule has 3 aromatic rings. The van der Waals surface area contributed by atoms with Crippen LogP contribution in [0.3, 0.4) is 0 Å². The number of hydrogen-bond donors (Lipinski definition) is 3. The molecule has 0 bridgehead atoms. The van der Waals surface area contributed by atoms with Crippen LogP contribution in [0.1, 0.15) is 5.56 Å². The lowest BCUT2D eigenvalue weighted by molar-refractivity contribution is -0.119. The summed E-state index contributed by atoms with van der Waals surface area (Å²) in [4.78, 5) is 15.2. The summed E-state index contributed by atoms with van der Waals surface area (Å²) >= 11 is 12.8. The first kappa shape index (κ1) is 16.4. The van der Waals surface area contributed by atoms with E-state index in [-0.39, 0.29) is 18.1 Å². The zero-order valence-electron chi connectivity index (χ0n) is 12.7. The maximum atomic E-state index is 12.0. The predicted molar refractivity (Wildman–Crippen MR) is 98.9 cm³/mol. The predicted octanol–water partition coefficient (Wildman–Crippen LogP) is 4.23. The minimum atomic E-state index is -0.317. The summed E-state index contributed by atoms with van der Waals surface area (Å²) in [7, 11) is 0. The molecule has 0 radical (unpaired) electrons. The molecule has 4 N–H and O–H groups in total.